The summed E-state index contributed by atoms with van der Waals surface area (Å²) in [4.78, 5) is 20.5. The fourth-order valence-corrected chi connectivity index (χ4v) is 1.93. The highest BCUT2D eigenvalue weighted by molar-refractivity contribution is 5.92. The Morgan fingerprint density at radius 3 is 2.70 bits per heavy atom. The molecule has 0 radical (unpaired) electrons. The number of amides is 1. The molecule has 0 aliphatic heterocycles. The van der Waals surface area contributed by atoms with Gasteiger partial charge in [-0.3, -0.25) is 4.79 Å². The van der Waals surface area contributed by atoms with Crippen molar-refractivity contribution >= 4 is 11.7 Å². The van der Waals surface area contributed by atoms with E-state index >= 15 is 0 Å². The van der Waals surface area contributed by atoms with Crippen molar-refractivity contribution in [3.05, 3.63) is 53.2 Å². The van der Waals surface area contributed by atoms with E-state index in [0.29, 0.717) is 31.3 Å². The number of nitrogens with zero attached hydrogens (tertiary/aromatic N) is 2. The number of hydrogen-bond donors (Lipinski definition) is 2. The standard InChI is InChI=1S/C16H19FN4O2/c1-11-20-14(9-15(21-11)18-7-8-23-2)16(22)19-10-12-3-5-13(17)6-4-12/h3-6,9H,7-8,10H2,1-2H3,(H,19,22)(H,18,20,21). The maximum atomic E-state index is 12.8. The van der Waals surface area contributed by atoms with Crippen molar-refractivity contribution in [1.82, 2.24) is 15.3 Å². The minimum Gasteiger partial charge on any atom is -0.383 e. The Labute approximate surface area is 134 Å². The van der Waals surface area contributed by atoms with Crippen LogP contribution in [0.15, 0.2) is 30.3 Å². The van der Waals surface area contributed by atoms with Crippen molar-refractivity contribution in [3.8, 4) is 0 Å². The van der Waals surface area contributed by atoms with Gasteiger partial charge in [0.2, 0.25) is 0 Å². The average Bonchev–Trinajstić information content (AvgIpc) is 2.54. The summed E-state index contributed by atoms with van der Waals surface area (Å²) in [5, 5.41) is 5.82. The van der Waals surface area contributed by atoms with Gasteiger partial charge in [0.05, 0.1) is 6.61 Å². The summed E-state index contributed by atoms with van der Waals surface area (Å²) in [6, 6.07) is 7.54. The van der Waals surface area contributed by atoms with E-state index in [1.165, 1.54) is 12.1 Å². The molecule has 1 aromatic carbocycles. The molecular weight excluding hydrogens is 299 g/mol. The summed E-state index contributed by atoms with van der Waals surface area (Å²) in [6.45, 7) is 3.14. The van der Waals surface area contributed by atoms with Crippen LogP contribution in [0.4, 0.5) is 10.2 Å². The zero-order valence-corrected chi connectivity index (χ0v) is 13.1. The lowest BCUT2D eigenvalue weighted by atomic mass is 10.2. The lowest BCUT2D eigenvalue weighted by Crippen LogP contribution is -2.24. The van der Waals surface area contributed by atoms with Crippen molar-refractivity contribution in [2.75, 3.05) is 25.6 Å². The van der Waals surface area contributed by atoms with Crippen LogP contribution in [0.25, 0.3) is 0 Å². The van der Waals surface area contributed by atoms with Crippen LogP contribution >= 0.6 is 0 Å². The van der Waals surface area contributed by atoms with Gasteiger partial charge in [0.15, 0.2) is 0 Å². The maximum Gasteiger partial charge on any atom is 0.270 e. The smallest absolute Gasteiger partial charge is 0.270 e. The Morgan fingerprint density at radius 1 is 1.26 bits per heavy atom. The third-order valence-corrected chi connectivity index (χ3v) is 3.05. The van der Waals surface area contributed by atoms with Crippen LogP contribution in [-0.2, 0) is 11.3 Å². The third-order valence-electron chi connectivity index (χ3n) is 3.05. The van der Waals surface area contributed by atoms with Gasteiger partial charge in [-0.2, -0.15) is 0 Å². The van der Waals surface area contributed by atoms with Crippen molar-refractivity contribution in [1.29, 1.82) is 0 Å². The van der Waals surface area contributed by atoms with E-state index in [2.05, 4.69) is 20.6 Å². The predicted octanol–water partition coefficient (Wildman–Crippen LogP) is 1.91. The first kappa shape index (κ1) is 16.8. The minimum atomic E-state index is -0.311. The number of aromatic nitrogens is 2. The second-order valence-corrected chi connectivity index (χ2v) is 4.91. The Balaban J connectivity index is 1.99. The molecule has 0 bridgehead atoms. The predicted molar refractivity (Wildman–Crippen MR) is 84.7 cm³/mol. The van der Waals surface area contributed by atoms with Crippen molar-refractivity contribution in [2.45, 2.75) is 13.5 Å². The normalized spacial score (nSPS) is 10.4. The summed E-state index contributed by atoms with van der Waals surface area (Å²) in [6.07, 6.45) is 0. The quantitative estimate of drug-likeness (QED) is 0.763. The van der Waals surface area contributed by atoms with E-state index in [0.717, 1.165) is 5.56 Å². The maximum absolute atomic E-state index is 12.8. The number of methoxy groups -OCH3 is 1. The molecule has 7 heteroatoms. The molecule has 1 aromatic heterocycles. The zero-order chi connectivity index (χ0) is 16.7. The summed E-state index contributed by atoms with van der Waals surface area (Å²) in [5.41, 5.74) is 1.09. The Bertz CT molecular complexity index is 662. The van der Waals surface area contributed by atoms with Gasteiger partial charge < -0.3 is 15.4 Å². The summed E-state index contributed by atoms with van der Waals surface area (Å²) >= 11 is 0. The minimum absolute atomic E-state index is 0.277. The molecule has 2 aromatic rings. The van der Waals surface area contributed by atoms with Gasteiger partial charge in [-0.25, -0.2) is 14.4 Å². The topological polar surface area (TPSA) is 76.1 Å². The first-order valence-corrected chi connectivity index (χ1v) is 7.19. The van der Waals surface area contributed by atoms with E-state index in [1.54, 1.807) is 32.2 Å². The Morgan fingerprint density at radius 2 is 2.00 bits per heavy atom. The SMILES string of the molecule is COCCNc1cc(C(=O)NCc2ccc(F)cc2)nc(C)n1. The number of halogens is 1. The highest BCUT2D eigenvalue weighted by Crippen LogP contribution is 2.07. The molecule has 0 spiro atoms. The average molecular weight is 318 g/mol. The molecule has 0 unspecified atom stereocenters. The number of aryl methyl sites for hydroxylation is 1. The molecule has 0 aliphatic carbocycles. The molecule has 23 heavy (non-hydrogen) atoms. The summed E-state index contributed by atoms with van der Waals surface area (Å²) in [5.74, 6) is 0.453. The molecule has 6 nitrogen and oxygen atoms in total. The van der Waals surface area contributed by atoms with E-state index < -0.39 is 0 Å². The second kappa shape index (κ2) is 8.19. The molecule has 2 N–H and O–H groups in total. The molecule has 0 fully saturated rings. The van der Waals surface area contributed by atoms with Crippen LogP contribution in [0, 0.1) is 12.7 Å². The molecule has 1 heterocycles. The fourth-order valence-electron chi connectivity index (χ4n) is 1.93. The number of benzene rings is 1. The number of carbonyl (C=O) groups is 1. The molecule has 2 rings (SSSR count). The largest absolute Gasteiger partial charge is 0.383 e. The number of ether oxygens (including phenoxy) is 1. The molecular formula is C16H19FN4O2. The fraction of sp³-hybridized carbons (Fsp3) is 0.312. The highest BCUT2D eigenvalue weighted by Gasteiger charge is 2.10. The van der Waals surface area contributed by atoms with Crippen LogP contribution in [0.1, 0.15) is 21.9 Å². The lowest BCUT2D eigenvalue weighted by Gasteiger charge is -2.09. The van der Waals surface area contributed by atoms with E-state index in [9.17, 15) is 9.18 Å². The highest BCUT2D eigenvalue weighted by atomic mass is 19.1. The molecule has 122 valence electrons. The number of hydrogen-bond acceptors (Lipinski definition) is 5. The van der Waals surface area contributed by atoms with Gasteiger partial charge in [-0.1, -0.05) is 12.1 Å². The summed E-state index contributed by atoms with van der Waals surface area (Å²) < 4.78 is 17.8. The van der Waals surface area contributed by atoms with Gasteiger partial charge in [0, 0.05) is 26.3 Å². The third kappa shape index (κ3) is 5.30. The second-order valence-electron chi connectivity index (χ2n) is 4.91. The zero-order valence-electron chi connectivity index (χ0n) is 13.1. The van der Waals surface area contributed by atoms with Gasteiger partial charge >= 0.3 is 0 Å². The number of rotatable bonds is 7. The summed E-state index contributed by atoms with van der Waals surface area (Å²) in [7, 11) is 1.61. The van der Waals surface area contributed by atoms with Crippen LogP contribution in [0.5, 0.6) is 0 Å². The molecule has 0 saturated carbocycles. The molecule has 0 atom stereocenters. The van der Waals surface area contributed by atoms with Crippen LogP contribution < -0.4 is 10.6 Å². The van der Waals surface area contributed by atoms with Gasteiger partial charge in [0.1, 0.15) is 23.2 Å². The number of carbonyl (C=O) groups excluding carboxylic acids is 1. The lowest BCUT2D eigenvalue weighted by molar-refractivity contribution is 0.0945. The first-order chi connectivity index (χ1) is 11.1. The van der Waals surface area contributed by atoms with Crippen molar-refractivity contribution < 1.29 is 13.9 Å². The van der Waals surface area contributed by atoms with Crippen LogP contribution in [0.2, 0.25) is 0 Å². The molecule has 1 amide bonds. The first-order valence-electron chi connectivity index (χ1n) is 7.19. The van der Waals surface area contributed by atoms with Crippen LogP contribution in [0.3, 0.4) is 0 Å². The number of nitrogens with one attached hydrogen (secondary N) is 2. The Kier molecular flexibility index (Phi) is 5.99. The van der Waals surface area contributed by atoms with E-state index in [4.69, 9.17) is 4.74 Å². The van der Waals surface area contributed by atoms with E-state index in [-0.39, 0.29) is 17.4 Å². The van der Waals surface area contributed by atoms with Crippen molar-refractivity contribution in [3.63, 3.8) is 0 Å². The monoisotopic (exact) mass is 318 g/mol. The van der Waals surface area contributed by atoms with Gasteiger partial charge in [-0.15, -0.1) is 0 Å². The van der Waals surface area contributed by atoms with Gasteiger partial charge in [0.25, 0.3) is 5.91 Å². The van der Waals surface area contributed by atoms with Crippen LogP contribution in [-0.4, -0.2) is 36.1 Å². The number of anilines is 1. The van der Waals surface area contributed by atoms with Gasteiger partial charge in [-0.05, 0) is 24.6 Å². The Hall–Kier alpha value is -2.54. The molecule has 0 saturated heterocycles. The molecule has 0 aliphatic rings. The van der Waals surface area contributed by atoms with Crippen molar-refractivity contribution in [2.24, 2.45) is 0 Å². The van der Waals surface area contributed by atoms with E-state index in [1.807, 2.05) is 0 Å².